The first-order chi connectivity index (χ1) is 12.1. The van der Waals surface area contributed by atoms with E-state index in [4.69, 9.17) is 4.74 Å². The number of amides is 1. The minimum Gasteiger partial charge on any atom is -0.493 e. The van der Waals surface area contributed by atoms with Crippen molar-refractivity contribution in [2.75, 3.05) is 38.2 Å². The maximum Gasteiger partial charge on any atom is 0.387 e. The van der Waals surface area contributed by atoms with Gasteiger partial charge in [0.25, 0.3) is 5.91 Å². The highest BCUT2D eigenvalue weighted by molar-refractivity contribution is 7.13. The van der Waals surface area contributed by atoms with Crippen molar-refractivity contribution in [3.05, 3.63) is 35.3 Å². The SMILES string of the molecule is COc1ccc(C(=O)N2CCN(c3nccs3)CC2)cc1OC(F)F. The van der Waals surface area contributed by atoms with Gasteiger partial charge in [-0.05, 0) is 18.2 Å². The molecular weight excluding hydrogens is 352 g/mol. The fraction of sp³-hybridized carbons (Fsp3) is 0.375. The van der Waals surface area contributed by atoms with Crippen LogP contribution in [0.25, 0.3) is 0 Å². The number of hydrogen-bond donors (Lipinski definition) is 0. The van der Waals surface area contributed by atoms with Crippen LogP contribution < -0.4 is 14.4 Å². The van der Waals surface area contributed by atoms with Crippen LogP contribution in [0.3, 0.4) is 0 Å². The molecule has 6 nitrogen and oxygen atoms in total. The van der Waals surface area contributed by atoms with Crippen LogP contribution in [0.4, 0.5) is 13.9 Å². The molecule has 1 saturated heterocycles. The monoisotopic (exact) mass is 369 g/mol. The van der Waals surface area contributed by atoms with E-state index >= 15 is 0 Å². The van der Waals surface area contributed by atoms with E-state index in [-0.39, 0.29) is 17.4 Å². The van der Waals surface area contributed by atoms with Gasteiger partial charge < -0.3 is 19.3 Å². The van der Waals surface area contributed by atoms with Crippen molar-refractivity contribution in [3.8, 4) is 11.5 Å². The molecule has 0 unspecified atom stereocenters. The summed E-state index contributed by atoms with van der Waals surface area (Å²) in [5.74, 6) is -0.212. The Morgan fingerprint density at radius 1 is 1.24 bits per heavy atom. The number of ether oxygens (including phenoxy) is 2. The Labute approximate surface area is 147 Å². The molecule has 0 saturated carbocycles. The van der Waals surface area contributed by atoms with Gasteiger partial charge in [-0.15, -0.1) is 11.3 Å². The number of rotatable bonds is 5. The highest BCUT2D eigenvalue weighted by Crippen LogP contribution is 2.30. The number of thiazole rings is 1. The summed E-state index contributed by atoms with van der Waals surface area (Å²) < 4.78 is 34.5. The first-order valence-corrected chi connectivity index (χ1v) is 8.53. The van der Waals surface area contributed by atoms with Crippen LogP contribution in [0.15, 0.2) is 29.8 Å². The fourth-order valence-corrected chi connectivity index (χ4v) is 3.35. The van der Waals surface area contributed by atoms with E-state index in [1.165, 1.54) is 19.2 Å². The lowest BCUT2D eigenvalue weighted by molar-refractivity contribution is -0.0512. The van der Waals surface area contributed by atoms with Gasteiger partial charge in [-0.1, -0.05) is 0 Å². The van der Waals surface area contributed by atoms with Crippen LogP contribution in [0, 0.1) is 0 Å². The van der Waals surface area contributed by atoms with Gasteiger partial charge in [0.15, 0.2) is 16.6 Å². The van der Waals surface area contributed by atoms with Crippen LogP contribution in [0.1, 0.15) is 10.4 Å². The maximum absolute atomic E-state index is 12.6. The summed E-state index contributed by atoms with van der Waals surface area (Å²) in [6.45, 7) is -0.558. The predicted octanol–water partition coefficient (Wildman–Crippen LogP) is 2.72. The van der Waals surface area contributed by atoms with E-state index in [2.05, 4.69) is 14.6 Å². The number of nitrogens with zero attached hydrogens (tertiary/aromatic N) is 3. The number of carbonyl (C=O) groups is 1. The van der Waals surface area contributed by atoms with Crippen LogP contribution >= 0.6 is 11.3 Å². The quantitative estimate of drug-likeness (QED) is 0.811. The molecular formula is C16H17F2N3O3S. The Morgan fingerprint density at radius 2 is 2.00 bits per heavy atom. The molecule has 2 heterocycles. The highest BCUT2D eigenvalue weighted by atomic mass is 32.1. The van der Waals surface area contributed by atoms with Crippen molar-refractivity contribution in [1.29, 1.82) is 0 Å². The van der Waals surface area contributed by atoms with Crippen molar-refractivity contribution in [2.45, 2.75) is 6.61 Å². The van der Waals surface area contributed by atoms with Crippen LogP contribution in [0.5, 0.6) is 11.5 Å². The summed E-state index contributed by atoms with van der Waals surface area (Å²) >= 11 is 1.56. The lowest BCUT2D eigenvalue weighted by Crippen LogP contribution is -2.48. The first-order valence-electron chi connectivity index (χ1n) is 7.65. The summed E-state index contributed by atoms with van der Waals surface area (Å²) in [6, 6.07) is 4.30. The Balaban J connectivity index is 1.69. The molecule has 0 aliphatic carbocycles. The summed E-state index contributed by atoms with van der Waals surface area (Å²) in [7, 11) is 1.35. The smallest absolute Gasteiger partial charge is 0.387 e. The minimum atomic E-state index is -2.99. The normalized spacial score (nSPS) is 14.7. The van der Waals surface area contributed by atoms with Crippen molar-refractivity contribution in [3.63, 3.8) is 0 Å². The predicted molar refractivity (Wildman–Crippen MR) is 89.9 cm³/mol. The average molecular weight is 369 g/mol. The molecule has 3 rings (SSSR count). The lowest BCUT2D eigenvalue weighted by atomic mass is 10.1. The average Bonchev–Trinajstić information content (AvgIpc) is 3.15. The third-order valence-electron chi connectivity index (χ3n) is 3.88. The summed E-state index contributed by atoms with van der Waals surface area (Å²) in [5.41, 5.74) is 0.291. The molecule has 134 valence electrons. The topological polar surface area (TPSA) is 54.9 Å². The molecule has 2 aromatic rings. The van der Waals surface area contributed by atoms with E-state index in [1.54, 1.807) is 28.5 Å². The Morgan fingerprint density at radius 3 is 2.60 bits per heavy atom. The maximum atomic E-state index is 12.6. The van der Waals surface area contributed by atoms with E-state index in [9.17, 15) is 13.6 Å². The summed E-state index contributed by atoms with van der Waals surface area (Å²) in [6.07, 6.45) is 1.75. The molecule has 0 bridgehead atoms. The Kier molecular flexibility index (Phi) is 5.32. The largest absolute Gasteiger partial charge is 0.493 e. The van der Waals surface area contributed by atoms with Gasteiger partial charge in [0.05, 0.1) is 7.11 Å². The summed E-state index contributed by atoms with van der Waals surface area (Å²) in [4.78, 5) is 20.7. The number of carbonyl (C=O) groups excluding carboxylic acids is 1. The van der Waals surface area contributed by atoms with Crippen molar-refractivity contribution >= 4 is 22.4 Å². The molecule has 1 aromatic heterocycles. The lowest BCUT2D eigenvalue weighted by Gasteiger charge is -2.34. The third-order valence-corrected chi connectivity index (χ3v) is 4.72. The van der Waals surface area contributed by atoms with Gasteiger partial charge in [-0.3, -0.25) is 4.79 Å². The first kappa shape index (κ1) is 17.4. The Hall–Kier alpha value is -2.42. The molecule has 1 aliphatic rings. The van der Waals surface area contributed by atoms with Gasteiger partial charge in [-0.2, -0.15) is 8.78 Å². The number of methoxy groups -OCH3 is 1. The van der Waals surface area contributed by atoms with E-state index in [0.717, 1.165) is 5.13 Å². The zero-order chi connectivity index (χ0) is 17.8. The molecule has 1 amide bonds. The number of piperazine rings is 1. The molecule has 0 radical (unpaired) electrons. The van der Waals surface area contributed by atoms with E-state index < -0.39 is 6.61 Å². The van der Waals surface area contributed by atoms with Crippen LogP contribution in [-0.2, 0) is 0 Å². The number of benzene rings is 1. The molecule has 1 aliphatic heterocycles. The molecule has 0 spiro atoms. The van der Waals surface area contributed by atoms with Crippen LogP contribution in [0.2, 0.25) is 0 Å². The number of alkyl halides is 2. The number of aromatic nitrogens is 1. The number of halogens is 2. The molecule has 25 heavy (non-hydrogen) atoms. The standard InChI is InChI=1S/C16H17F2N3O3S/c1-23-12-3-2-11(10-13(12)24-15(17)18)14(22)20-5-7-21(8-6-20)16-19-4-9-25-16/h2-4,9-10,15H,5-8H2,1H3. The van der Waals surface area contributed by atoms with Crippen molar-refractivity contribution in [2.24, 2.45) is 0 Å². The zero-order valence-corrected chi connectivity index (χ0v) is 14.3. The second-order valence-corrected chi connectivity index (χ2v) is 6.21. The van der Waals surface area contributed by atoms with E-state index in [1.807, 2.05) is 5.38 Å². The van der Waals surface area contributed by atoms with E-state index in [0.29, 0.717) is 31.7 Å². The second kappa shape index (κ2) is 7.64. The zero-order valence-electron chi connectivity index (χ0n) is 13.5. The molecule has 9 heteroatoms. The molecule has 1 fully saturated rings. The van der Waals surface area contributed by atoms with Gasteiger partial charge in [0.1, 0.15) is 0 Å². The van der Waals surface area contributed by atoms with Crippen molar-refractivity contribution < 1.29 is 23.0 Å². The number of anilines is 1. The van der Waals surface area contributed by atoms with Gasteiger partial charge in [-0.25, -0.2) is 4.98 Å². The fourth-order valence-electron chi connectivity index (χ4n) is 2.65. The van der Waals surface area contributed by atoms with Gasteiger partial charge in [0.2, 0.25) is 0 Å². The second-order valence-electron chi connectivity index (χ2n) is 5.34. The highest BCUT2D eigenvalue weighted by Gasteiger charge is 2.24. The van der Waals surface area contributed by atoms with Gasteiger partial charge in [0, 0.05) is 43.3 Å². The van der Waals surface area contributed by atoms with Gasteiger partial charge >= 0.3 is 6.61 Å². The van der Waals surface area contributed by atoms with Crippen molar-refractivity contribution in [1.82, 2.24) is 9.88 Å². The third kappa shape index (κ3) is 3.98. The van der Waals surface area contributed by atoms with Crippen LogP contribution in [-0.4, -0.2) is 55.7 Å². The molecule has 1 aromatic carbocycles. The molecule has 0 N–H and O–H groups in total. The number of hydrogen-bond acceptors (Lipinski definition) is 6. The summed E-state index contributed by atoms with van der Waals surface area (Å²) in [5, 5.41) is 2.85. The molecule has 0 atom stereocenters. The minimum absolute atomic E-state index is 0.148. The Bertz CT molecular complexity index is 719.